The second-order valence-electron chi connectivity index (χ2n) is 6.75. The van der Waals surface area contributed by atoms with Gasteiger partial charge in [-0.3, -0.25) is 9.59 Å². The number of ether oxygens (including phenoxy) is 1. The zero-order valence-corrected chi connectivity index (χ0v) is 17.5. The van der Waals surface area contributed by atoms with Gasteiger partial charge in [0.2, 0.25) is 5.91 Å². The molecule has 150 valence electrons. The van der Waals surface area contributed by atoms with E-state index < -0.39 is 0 Å². The van der Waals surface area contributed by atoms with E-state index in [2.05, 4.69) is 10.3 Å². The minimum absolute atomic E-state index is 0.0334. The number of likely N-dealkylation sites (N-methyl/N-ethyl adjacent to an activating group) is 1. The van der Waals surface area contributed by atoms with E-state index in [9.17, 15) is 9.59 Å². The van der Waals surface area contributed by atoms with E-state index in [1.807, 2.05) is 37.4 Å². The van der Waals surface area contributed by atoms with Crippen molar-refractivity contribution >= 4 is 28.8 Å². The standard InChI is InChI=1S/C22H23N3O3S/c1-15-5-4-6-20(16(15)2)24-21(26)11-25(3)22(27)17-7-9-19(10-8-17)28-12-18-13-29-14-23-18/h4-10,13-14H,11-12H2,1-3H3,(H,24,26). The molecule has 0 bridgehead atoms. The molecule has 0 spiro atoms. The number of hydrogen-bond donors (Lipinski definition) is 1. The molecular formula is C22H23N3O3S. The molecule has 29 heavy (non-hydrogen) atoms. The van der Waals surface area contributed by atoms with Gasteiger partial charge >= 0.3 is 0 Å². The summed E-state index contributed by atoms with van der Waals surface area (Å²) in [5, 5.41) is 4.80. The monoisotopic (exact) mass is 409 g/mol. The molecule has 0 aliphatic rings. The van der Waals surface area contributed by atoms with E-state index in [-0.39, 0.29) is 18.4 Å². The molecule has 0 aliphatic carbocycles. The van der Waals surface area contributed by atoms with E-state index in [4.69, 9.17) is 4.74 Å². The molecule has 2 aromatic carbocycles. The molecule has 2 amide bonds. The summed E-state index contributed by atoms with van der Waals surface area (Å²) in [7, 11) is 1.61. The van der Waals surface area contributed by atoms with Gasteiger partial charge in [0.25, 0.3) is 5.91 Å². The van der Waals surface area contributed by atoms with Crippen LogP contribution in [0.3, 0.4) is 0 Å². The highest BCUT2D eigenvalue weighted by atomic mass is 32.1. The summed E-state index contributed by atoms with van der Waals surface area (Å²) < 4.78 is 5.65. The minimum Gasteiger partial charge on any atom is -0.487 e. The number of carbonyl (C=O) groups is 2. The van der Waals surface area contributed by atoms with Crippen LogP contribution in [0.4, 0.5) is 5.69 Å². The largest absolute Gasteiger partial charge is 0.487 e. The molecule has 6 nitrogen and oxygen atoms in total. The highest BCUT2D eigenvalue weighted by molar-refractivity contribution is 7.07. The number of benzene rings is 2. The molecule has 1 N–H and O–H groups in total. The lowest BCUT2D eigenvalue weighted by atomic mass is 10.1. The third kappa shape index (κ3) is 5.42. The van der Waals surface area contributed by atoms with Gasteiger partial charge in [0.05, 0.1) is 17.7 Å². The van der Waals surface area contributed by atoms with E-state index >= 15 is 0 Å². The van der Waals surface area contributed by atoms with Crippen LogP contribution >= 0.6 is 11.3 Å². The number of hydrogen-bond acceptors (Lipinski definition) is 5. The number of carbonyl (C=O) groups excluding carboxylic acids is 2. The van der Waals surface area contributed by atoms with Crippen molar-refractivity contribution in [1.29, 1.82) is 0 Å². The van der Waals surface area contributed by atoms with Crippen LogP contribution in [0.5, 0.6) is 5.75 Å². The first-order valence-corrected chi connectivity index (χ1v) is 10.1. The van der Waals surface area contributed by atoms with Gasteiger partial charge in [-0.05, 0) is 55.3 Å². The van der Waals surface area contributed by atoms with Gasteiger partial charge in [0.15, 0.2) is 0 Å². The van der Waals surface area contributed by atoms with Crippen LogP contribution < -0.4 is 10.1 Å². The van der Waals surface area contributed by atoms with Crippen LogP contribution in [0.1, 0.15) is 27.2 Å². The fraction of sp³-hybridized carbons (Fsp3) is 0.227. The lowest BCUT2D eigenvalue weighted by Crippen LogP contribution is -2.35. The summed E-state index contributed by atoms with van der Waals surface area (Å²) in [5.74, 6) is 0.190. The molecule has 0 saturated heterocycles. The van der Waals surface area contributed by atoms with Crippen molar-refractivity contribution in [1.82, 2.24) is 9.88 Å². The van der Waals surface area contributed by atoms with Crippen molar-refractivity contribution in [2.24, 2.45) is 0 Å². The van der Waals surface area contributed by atoms with Gasteiger partial charge in [0.1, 0.15) is 12.4 Å². The Balaban J connectivity index is 1.55. The number of nitrogens with one attached hydrogen (secondary N) is 1. The number of amides is 2. The molecule has 1 aromatic heterocycles. The van der Waals surface area contributed by atoms with E-state index in [0.29, 0.717) is 17.9 Å². The van der Waals surface area contributed by atoms with Gasteiger partial charge in [-0.2, -0.15) is 0 Å². The van der Waals surface area contributed by atoms with Crippen LogP contribution in [0.15, 0.2) is 53.4 Å². The molecule has 7 heteroatoms. The number of aromatic nitrogens is 1. The lowest BCUT2D eigenvalue weighted by molar-refractivity contribution is -0.116. The Bertz CT molecular complexity index is 985. The number of nitrogens with zero attached hydrogens (tertiary/aromatic N) is 2. The normalized spacial score (nSPS) is 10.4. The highest BCUT2D eigenvalue weighted by Gasteiger charge is 2.16. The lowest BCUT2D eigenvalue weighted by Gasteiger charge is -2.18. The smallest absolute Gasteiger partial charge is 0.254 e. The first kappa shape index (κ1) is 20.5. The zero-order valence-electron chi connectivity index (χ0n) is 16.6. The molecule has 0 saturated carbocycles. The number of aryl methyl sites for hydroxylation is 1. The maximum absolute atomic E-state index is 12.6. The van der Waals surface area contributed by atoms with Crippen molar-refractivity contribution in [3.63, 3.8) is 0 Å². The van der Waals surface area contributed by atoms with Crippen molar-refractivity contribution in [3.8, 4) is 5.75 Å². The van der Waals surface area contributed by atoms with Crippen molar-refractivity contribution < 1.29 is 14.3 Å². The summed E-state index contributed by atoms with van der Waals surface area (Å²) in [5.41, 5.74) is 6.00. The quantitative estimate of drug-likeness (QED) is 0.639. The summed E-state index contributed by atoms with van der Waals surface area (Å²) in [4.78, 5) is 30.5. The Morgan fingerprint density at radius 2 is 1.90 bits per heavy atom. The van der Waals surface area contributed by atoms with Crippen LogP contribution in [-0.2, 0) is 11.4 Å². The zero-order chi connectivity index (χ0) is 20.8. The van der Waals surface area contributed by atoms with E-state index in [1.165, 1.54) is 16.2 Å². The minimum atomic E-state index is -0.238. The van der Waals surface area contributed by atoms with Crippen LogP contribution in [0.25, 0.3) is 0 Å². The van der Waals surface area contributed by atoms with Crippen LogP contribution in [-0.4, -0.2) is 35.3 Å². The summed E-state index contributed by atoms with van der Waals surface area (Å²) in [6.45, 7) is 4.30. The predicted octanol–water partition coefficient (Wildman–Crippen LogP) is 4.05. The second kappa shape index (κ2) is 9.34. The third-order valence-corrected chi connectivity index (χ3v) is 5.21. The van der Waals surface area contributed by atoms with Crippen molar-refractivity contribution in [2.45, 2.75) is 20.5 Å². The van der Waals surface area contributed by atoms with Gasteiger partial charge in [0, 0.05) is 23.7 Å². The molecule has 0 atom stereocenters. The maximum Gasteiger partial charge on any atom is 0.254 e. The number of anilines is 1. The third-order valence-electron chi connectivity index (χ3n) is 4.58. The molecule has 3 aromatic rings. The fourth-order valence-electron chi connectivity index (χ4n) is 2.74. The Hall–Kier alpha value is -3.19. The van der Waals surface area contributed by atoms with Gasteiger partial charge in [-0.25, -0.2) is 4.98 Å². The number of rotatable bonds is 7. The molecule has 0 aliphatic heterocycles. The Morgan fingerprint density at radius 1 is 1.14 bits per heavy atom. The van der Waals surface area contributed by atoms with Crippen LogP contribution in [0.2, 0.25) is 0 Å². The SMILES string of the molecule is Cc1cccc(NC(=O)CN(C)C(=O)c2ccc(OCc3cscn3)cc2)c1C. The van der Waals surface area contributed by atoms with Crippen molar-refractivity contribution in [2.75, 3.05) is 18.9 Å². The molecule has 0 unspecified atom stereocenters. The molecular weight excluding hydrogens is 386 g/mol. The van der Waals surface area contributed by atoms with Crippen molar-refractivity contribution in [3.05, 3.63) is 75.7 Å². The molecule has 3 rings (SSSR count). The van der Waals surface area contributed by atoms with Gasteiger partial charge in [-0.1, -0.05) is 12.1 Å². The summed E-state index contributed by atoms with van der Waals surface area (Å²) >= 11 is 1.52. The van der Waals surface area contributed by atoms with Gasteiger partial charge < -0.3 is 15.0 Å². The Labute approximate surface area is 174 Å². The summed E-state index contributed by atoms with van der Waals surface area (Å²) in [6, 6.07) is 12.6. The highest BCUT2D eigenvalue weighted by Crippen LogP contribution is 2.18. The topological polar surface area (TPSA) is 71.5 Å². The molecule has 0 radical (unpaired) electrons. The predicted molar refractivity (Wildman–Crippen MR) is 114 cm³/mol. The molecule has 1 heterocycles. The van der Waals surface area contributed by atoms with E-state index in [0.717, 1.165) is 22.5 Å². The van der Waals surface area contributed by atoms with Crippen LogP contribution in [0, 0.1) is 13.8 Å². The van der Waals surface area contributed by atoms with E-state index in [1.54, 1.807) is 36.8 Å². The number of thiazole rings is 1. The second-order valence-corrected chi connectivity index (χ2v) is 7.47. The molecule has 0 fully saturated rings. The first-order chi connectivity index (χ1) is 13.9. The summed E-state index contributed by atoms with van der Waals surface area (Å²) in [6.07, 6.45) is 0. The maximum atomic E-state index is 12.6. The Kier molecular flexibility index (Phi) is 6.61. The average Bonchev–Trinajstić information content (AvgIpc) is 3.23. The Morgan fingerprint density at radius 3 is 2.59 bits per heavy atom. The first-order valence-electron chi connectivity index (χ1n) is 9.15. The fourth-order valence-corrected chi connectivity index (χ4v) is 3.29. The van der Waals surface area contributed by atoms with Gasteiger partial charge in [-0.15, -0.1) is 11.3 Å². The average molecular weight is 410 g/mol.